The summed E-state index contributed by atoms with van der Waals surface area (Å²) in [4.78, 5) is 69.6. The number of carboxylic acid groups (broad SMARTS) is 1. The normalized spacial score (nSPS) is 11.5. The fraction of sp³-hybridized carbons (Fsp3) is 0.138. The van der Waals surface area contributed by atoms with Crippen molar-refractivity contribution in [2.24, 2.45) is 0 Å². The van der Waals surface area contributed by atoms with Crippen LogP contribution in [0.5, 0.6) is 0 Å². The molecule has 0 fully saturated rings. The first kappa shape index (κ1) is 57.6. The second-order valence-corrected chi connectivity index (χ2v) is 19.1. The average Bonchev–Trinajstić information content (AvgIpc) is 4.12. The van der Waals surface area contributed by atoms with Crippen LogP contribution in [0.2, 0.25) is 0 Å². The Morgan fingerprint density at radius 1 is 0.488 bits per heavy atom. The van der Waals surface area contributed by atoms with Crippen LogP contribution in [-0.4, -0.2) is 66.7 Å². The van der Waals surface area contributed by atoms with Gasteiger partial charge in [0.2, 0.25) is 0 Å². The van der Waals surface area contributed by atoms with E-state index in [4.69, 9.17) is 14.9 Å². The Balaban J connectivity index is 0.000000209. The highest BCUT2D eigenvalue weighted by atomic mass is 16.6. The topological polar surface area (TPSA) is 238 Å². The van der Waals surface area contributed by atoms with E-state index < -0.39 is 15.8 Å². The van der Waals surface area contributed by atoms with Crippen LogP contribution in [0.3, 0.4) is 0 Å². The number of carbonyl (C=O) groups excluding carboxylic acids is 3. The number of fused-ring (bicyclic) bond motifs is 2. The van der Waals surface area contributed by atoms with Crippen LogP contribution in [0.1, 0.15) is 96.5 Å². The number of aliphatic hydroxyl groups excluding tert-OH is 1. The number of nitro benzene ring substituents is 2. The Hall–Kier alpha value is -10.5. The van der Waals surface area contributed by atoms with Gasteiger partial charge in [0.05, 0.1) is 39.7 Å². The lowest BCUT2D eigenvalue weighted by Crippen LogP contribution is -2.26. The summed E-state index contributed by atoms with van der Waals surface area (Å²) in [5.74, 6) is -1.70. The fourth-order valence-corrected chi connectivity index (χ4v) is 9.27. The molecule has 2 aromatic heterocycles. The van der Waals surface area contributed by atoms with E-state index in [1.54, 1.807) is 79.7 Å². The first-order valence-corrected chi connectivity index (χ1v) is 26.1. The van der Waals surface area contributed by atoms with Gasteiger partial charge in [0.25, 0.3) is 23.2 Å². The number of benzene rings is 8. The smallest absolute Gasteiger partial charge is 0.338 e. The Labute approximate surface area is 472 Å². The molecule has 0 aliphatic carbocycles. The lowest BCUT2D eigenvalue weighted by molar-refractivity contribution is -0.385. The number of aromatic nitrogens is 2. The molecular formula is C65H58N6O11. The van der Waals surface area contributed by atoms with E-state index in [0.717, 1.165) is 73.4 Å². The molecule has 0 aliphatic heterocycles. The van der Waals surface area contributed by atoms with Crippen LogP contribution in [-0.2, 0) is 17.8 Å². The SMILES string of the molecule is CCOC(=O)c1ccc(-c2ccc(Cn3ccc4cc(C(=O)N[C@@H](C)c5ccc([N+](=O)[O-])cc5)ccc43)cc2)cc1.CO.C[C@H](NC(=O)c1ccc2c(ccn2Cc2ccc(-c3ccc(C(=O)O)cc3)cc2)c1)c1ccc([N+](=O)[O-])cc1. The summed E-state index contributed by atoms with van der Waals surface area (Å²) in [6.45, 7) is 7.15. The molecule has 17 nitrogen and oxygen atoms in total. The van der Waals surface area contributed by atoms with E-state index in [1.165, 1.54) is 24.3 Å². The van der Waals surface area contributed by atoms with E-state index in [-0.39, 0.29) is 46.8 Å². The molecule has 2 heterocycles. The summed E-state index contributed by atoms with van der Waals surface area (Å²) < 4.78 is 9.31. The van der Waals surface area contributed by atoms with Gasteiger partial charge in [-0.25, -0.2) is 9.59 Å². The number of hydrogen-bond acceptors (Lipinski definition) is 10. The monoisotopic (exact) mass is 1100 g/mol. The zero-order chi connectivity index (χ0) is 58.5. The van der Waals surface area contributed by atoms with Gasteiger partial charge in [-0.1, -0.05) is 97.1 Å². The molecule has 2 atom stereocenters. The van der Waals surface area contributed by atoms with E-state index in [0.29, 0.717) is 36.4 Å². The second kappa shape index (κ2) is 26.4. The van der Waals surface area contributed by atoms with Crippen molar-refractivity contribution in [2.45, 2.75) is 45.9 Å². The number of amides is 2. The number of rotatable bonds is 17. The Kier molecular flexibility index (Phi) is 18.6. The highest BCUT2D eigenvalue weighted by molar-refractivity contribution is 5.99. The summed E-state index contributed by atoms with van der Waals surface area (Å²) in [6.07, 6.45) is 4.00. The van der Waals surface area contributed by atoms with Crippen LogP contribution in [0, 0.1) is 20.2 Å². The number of aliphatic hydroxyl groups is 1. The van der Waals surface area contributed by atoms with Crippen molar-refractivity contribution in [1.29, 1.82) is 0 Å². The van der Waals surface area contributed by atoms with Crippen molar-refractivity contribution in [1.82, 2.24) is 19.8 Å². The van der Waals surface area contributed by atoms with Crippen molar-refractivity contribution in [3.8, 4) is 22.3 Å². The van der Waals surface area contributed by atoms with Crippen LogP contribution >= 0.6 is 0 Å². The predicted molar refractivity (Wildman–Crippen MR) is 315 cm³/mol. The van der Waals surface area contributed by atoms with E-state index in [2.05, 4.69) is 44.0 Å². The largest absolute Gasteiger partial charge is 0.478 e. The number of hydrogen-bond donors (Lipinski definition) is 4. The van der Waals surface area contributed by atoms with Gasteiger partial charge in [-0.3, -0.25) is 29.8 Å². The molecule has 0 bridgehead atoms. The molecule has 4 N–H and O–H groups in total. The third-order valence-electron chi connectivity index (χ3n) is 13.8. The molecule has 82 heavy (non-hydrogen) atoms. The van der Waals surface area contributed by atoms with Gasteiger partial charge in [0.1, 0.15) is 0 Å². The maximum atomic E-state index is 12.9. The molecule has 0 saturated heterocycles. The molecule has 0 unspecified atom stereocenters. The number of nitrogens with zero attached hydrogens (tertiary/aromatic N) is 4. The van der Waals surface area contributed by atoms with Crippen LogP contribution < -0.4 is 10.6 Å². The highest BCUT2D eigenvalue weighted by Crippen LogP contribution is 2.27. The zero-order valence-electron chi connectivity index (χ0n) is 45.3. The van der Waals surface area contributed by atoms with E-state index in [9.17, 15) is 39.4 Å². The molecule has 0 radical (unpaired) electrons. The Bertz CT molecular complexity index is 3890. The number of aromatic carboxylic acids is 1. The summed E-state index contributed by atoms with van der Waals surface area (Å²) in [5, 5.41) is 45.7. The minimum Gasteiger partial charge on any atom is -0.478 e. The summed E-state index contributed by atoms with van der Waals surface area (Å²) in [5.41, 5.74) is 11.8. The van der Waals surface area contributed by atoms with Crippen LogP contribution in [0.15, 0.2) is 207 Å². The number of carboxylic acids is 1. The fourth-order valence-electron chi connectivity index (χ4n) is 9.27. The van der Waals surface area contributed by atoms with Gasteiger partial charge in [0, 0.05) is 89.8 Å². The maximum Gasteiger partial charge on any atom is 0.338 e. The summed E-state index contributed by atoms with van der Waals surface area (Å²) in [6, 6.07) is 57.5. The minimum absolute atomic E-state index is 0.00968. The van der Waals surface area contributed by atoms with Gasteiger partial charge in [0.15, 0.2) is 0 Å². The Morgan fingerprint density at radius 3 is 1.17 bits per heavy atom. The van der Waals surface area contributed by atoms with Gasteiger partial charge in [-0.05, 0) is 138 Å². The molecule has 0 saturated carbocycles. The summed E-state index contributed by atoms with van der Waals surface area (Å²) >= 11 is 0. The zero-order valence-corrected chi connectivity index (χ0v) is 45.3. The van der Waals surface area contributed by atoms with Crippen LogP contribution in [0.4, 0.5) is 11.4 Å². The number of ether oxygens (including phenoxy) is 1. The number of non-ortho nitro benzene ring substituents is 2. The minimum atomic E-state index is -0.944. The van der Waals surface area contributed by atoms with Crippen molar-refractivity contribution < 1.29 is 44.0 Å². The van der Waals surface area contributed by atoms with Gasteiger partial charge < -0.3 is 34.7 Å². The molecule has 0 spiro atoms. The molecule has 10 aromatic rings. The lowest BCUT2D eigenvalue weighted by atomic mass is 10.0. The highest BCUT2D eigenvalue weighted by Gasteiger charge is 2.17. The number of nitro groups is 2. The number of nitrogens with one attached hydrogen (secondary N) is 2. The molecule has 17 heteroatoms. The standard InChI is InChI=1S/C33H29N3O5.C31H25N3O5.CH4O/c1-3-41-33(38)27-10-8-26(9-11-27)25-6-4-23(5-7-25)21-35-19-18-28-20-29(14-17-31(28)35)32(37)34-22(2)24-12-15-30(16-13-24)36(39)40;1-20(22-10-13-28(14-11-22)34(38)39)32-30(35)27-12-15-29-26(18-27)16-17-33(29)19-21-2-4-23(5-3-21)24-6-8-25(9-7-24)31(36)37;1-2/h4-20,22H,3,21H2,1-2H3,(H,34,37);2-18,20H,19H2,1H3,(H,32,35)(H,36,37);2H,1H3/t22-;20-;/m00./s1. The molecule has 8 aromatic carbocycles. The lowest BCUT2D eigenvalue weighted by Gasteiger charge is -2.14. The van der Waals surface area contributed by atoms with Gasteiger partial charge in [-0.2, -0.15) is 0 Å². The molecule has 10 rings (SSSR count). The van der Waals surface area contributed by atoms with Crippen LogP contribution in [0.25, 0.3) is 44.1 Å². The third-order valence-corrected chi connectivity index (χ3v) is 13.8. The average molecular weight is 1100 g/mol. The summed E-state index contributed by atoms with van der Waals surface area (Å²) in [7, 11) is 1.00. The number of carbonyl (C=O) groups is 4. The first-order valence-electron chi connectivity index (χ1n) is 26.1. The van der Waals surface area contributed by atoms with Gasteiger partial charge >= 0.3 is 11.9 Å². The van der Waals surface area contributed by atoms with Crippen molar-refractivity contribution in [2.75, 3.05) is 13.7 Å². The second-order valence-electron chi connectivity index (χ2n) is 19.1. The maximum absolute atomic E-state index is 12.9. The van der Waals surface area contributed by atoms with Gasteiger partial charge in [-0.15, -0.1) is 0 Å². The van der Waals surface area contributed by atoms with E-state index in [1.807, 2.05) is 99.0 Å². The first-order chi connectivity index (χ1) is 39.6. The molecule has 2 amide bonds. The predicted octanol–water partition coefficient (Wildman–Crippen LogP) is 13.0. The van der Waals surface area contributed by atoms with E-state index >= 15 is 0 Å². The Morgan fingerprint density at radius 2 is 0.829 bits per heavy atom. The quantitative estimate of drug-likeness (QED) is 0.0380. The molecule has 414 valence electrons. The van der Waals surface area contributed by atoms with Crippen molar-refractivity contribution in [3.63, 3.8) is 0 Å². The number of esters is 1. The molecule has 0 aliphatic rings. The van der Waals surface area contributed by atoms with Crippen molar-refractivity contribution in [3.05, 3.63) is 271 Å². The third kappa shape index (κ3) is 14.0. The molecular weight excluding hydrogens is 1040 g/mol. The van der Waals surface area contributed by atoms with Crippen molar-refractivity contribution >= 4 is 56.9 Å².